The van der Waals surface area contributed by atoms with E-state index in [4.69, 9.17) is 10.8 Å². The van der Waals surface area contributed by atoms with Crippen LogP contribution in [0.5, 0.6) is 0 Å². The largest absolute Gasteiger partial charge is 0.394 e. The van der Waals surface area contributed by atoms with Crippen molar-refractivity contribution in [1.29, 1.82) is 0 Å². The fourth-order valence-electron chi connectivity index (χ4n) is 2.55. The molecule has 0 aromatic carbocycles. The molecule has 0 unspecified atom stereocenters. The van der Waals surface area contributed by atoms with Gasteiger partial charge in [-0.05, 0) is 6.42 Å². The van der Waals surface area contributed by atoms with Gasteiger partial charge in [0.15, 0.2) is 0 Å². The van der Waals surface area contributed by atoms with Crippen molar-refractivity contribution in [3.8, 4) is 0 Å². The van der Waals surface area contributed by atoms with Gasteiger partial charge in [-0.1, -0.05) is 84.0 Å². The van der Waals surface area contributed by atoms with Gasteiger partial charge in [0.25, 0.3) is 0 Å². The van der Waals surface area contributed by atoms with Crippen molar-refractivity contribution in [2.75, 3.05) is 6.61 Å². The lowest BCUT2D eigenvalue weighted by atomic mass is 10.0. The molecule has 122 valence electrons. The van der Waals surface area contributed by atoms with E-state index in [9.17, 15) is 5.11 Å². The molecule has 0 aliphatic heterocycles. The van der Waals surface area contributed by atoms with Crippen molar-refractivity contribution in [2.45, 2.75) is 103 Å². The van der Waals surface area contributed by atoms with Gasteiger partial charge in [0.2, 0.25) is 0 Å². The molecular formula is C17H37NO2. The van der Waals surface area contributed by atoms with Gasteiger partial charge in [-0.15, -0.1) is 0 Å². The summed E-state index contributed by atoms with van der Waals surface area (Å²) >= 11 is 0. The number of aliphatic hydroxyl groups is 2. The van der Waals surface area contributed by atoms with Gasteiger partial charge in [-0.25, -0.2) is 0 Å². The van der Waals surface area contributed by atoms with Crippen LogP contribution in [0.2, 0.25) is 0 Å². The molecule has 0 aliphatic carbocycles. The van der Waals surface area contributed by atoms with Gasteiger partial charge in [0.05, 0.1) is 12.7 Å². The van der Waals surface area contributed by atoms with Crippen LogP contribution in [-0.2, 0) is 0 Å². The first-order valence-corrected chi connectivity index (χ1v) is 8.76. The first-order valence-electron chi connectivity index (χ1n) is 8.76. The summed E-state index contributed by atoms with van der Waals surface area (Å²) in [7, 11) is 0. The average molecular weight is 287 g/mol. The Balaban J connectivity index is 3.10. The van der Waals surface area contributed by atoms with Crippen molar-refractivity contribution in [1.82, 2.24) is 0 Å². The highest BCUT2D eigenvalue weighted by molar-refractivity contribution is 4.70. The molecule has 20 heavy (non-hydrogen) atoms. The first kappa shape index (κ1) is 19.9. The summed E-state index contributed by atoms with van der Waals surface area (Å²) in [5.41, 5.74) is 5.75. The summed E-state index contributed by atoms with van der Waals surface area (Å²) in [5, 5.41) is 18.1. The van der Waals surface area contributed by atoms with Gasteiger partial charge in [-0.2, -0.15) is 0 Å². The molecule has 0 aromatic rings. The second kappa shape index (κ2) is 15.3. The van der Waals surface area contributed by atoms with Gasteiger partial charge >= 0.3 is 0 Å². The number of aliphatic hydroxyl groups excluding tert-OH is 2. The van der Waals surface area contributed by atoms with Crippen LogP contribution in [0.1, 0.15) is 90.4 Å². The maximum Gasteiger partial charge on any atom is 0.0921 e. The van der Waals surface area contributed by atoms with E-state index >= 15 is 0 Å². The van der Waals surface area contributed by atoms with E-state index in [-0.39, 0.29) is 12.6 Å². The summed E-state index contributed by atoms with van der Waals surface area (Å²) in [6.45, 7) is 2.04. The zero-order valence-corrected chi connectivity index (χ0v) is 13.5. The Morgan fingerprint density at radius 3 is 1.55 bits per heavy atom. The summed E-state index contributed by atoms with van der Waals surface area (Å²) in [5.74, 6) is 0. The van der Waals surface area contributed by atoms with Gasteiger partial charge in [0.1, 0.15) is 0 Å². The molecule has 3 nitrogen and oxygen atoms in total. The van der Waals surface area contributed by atoms with E-state index in [0.29, 0.717) is 0 Å². The highest BCUT2D eigenvalue weighted by Gasteiger charge is 2.12. The third kappa shape index (κ3) is 12.9. The quantitative estimate of drug-likeness (QED) is 0.402. The summed E-state index contributed by atoms with van der Waals surface area (Å²) in [6.07, 6.45) is 16.0. The van der Waals surface area contributed by atoms with E-state index in [1.807, 2.05) is 0 Å². The highest BCUT2D eigenvalue weighted by atomic mass is 16.3. The fourth-order valence-corrected chi connectivity index (χ4v) is 2.55. The van der Waals surface area contributed by atoms with Crippen molar-refractivity contribution < 1.29 is 10.2 Å². The highest BCUT2D eigenvalue weighted by Crippen LogP contribution is 2.13. The third-order valence-electron chi connectivity index (χ3n) is 4.07. The molecule has 0 fully saturated rings. The molecule has 2 atom stereocenters. The second-order valence-corrected chi connectivity index (χ2v) is 6.09. The number of hydrogen-bond donors (Lipinski definition) is 3. The van der Waals surface area contributed by atoms with E-state index in [1.54, 1.807) is 0 Å². The third-order valence-corrected chi connectivity index (χ3v) is 4.07. The Morgan fingerprint density at radius 2 is 1.15 bits per heavy atom. The molecule has 0 saturated heterocycles. The molecule has 0 spiro atoms. The fraction of sp³-hybridized carbons (Fsp3) is 1.00. The first-order chi connectivity index (χ1) is 9.72. The van der Waals surface area contributed by atoms with Crippen molar-refractivity contribution in [2.24, 2.45) is 5.73 Å². The lowest BCUT2D eigenvalue weighted by Gasteiger charge is -2.16. The summed E-state index contributed by atoms with van der Waals surface area (Å²) in [4.78, 5) is 0. The van der Waals surface area contributed by atoms with Gasteiger partial charge in [0, 0.05) is 6.04 Å². The van der Waals surface area contributed by atoms with E-state index in [2.05, 4.69) is 6.92 Å². The molecule has 3 heteroatoms. The zero-order valence-electron chi connectivity index (χ0n) is 13.5. The van der Waals surface area contributed by atoms with E-state index in [0.717, 1.165) is 12.8 Å². The molecule has 0 amide bonds. The molecule has 0 bridgehead atoms. The minimum atomic E-state index is -0.747. The van der Waals surface area contributed by atoms with Crippen LogP contribution in [-0.4, -0.2) is 29.0 Å². The van der Waals surface area contributed by atoms with Crippen LogP contribution in [0, 0.1) is 0 Å². The van der Waals surface area contributed by atoms with Gasteiger partial charge < -0.3 is 15.9 Å². The van der Waals surface area contributed by atoms with Crippen LogP contribution in [0.25, 0.3) is 0 Å². The SMILES string of the molecule is CCCCCCCCCCCCCC[C@@H](N)[C@@H](O)CO. The Kier molecular flexibility index (Phi) is 15.2. The van der Waals surface area contributed by atoms with Crippen molar-refractivity contribution >= 4 is 0 Å². The van der Waals surface area contributed by atoms with Gasteiger partial charge in [-0.3, -0.25) is 0 Å². The van der Waals surface area contributed by atoms with Crippen LogP contribution in [0.15, 0.2) is 0 Å². The number of nitrogens with two attached hydrogens (primary N) is 1. The lowest BCUT2D eigenvalue weighted by Crippen LogP contribution is -2.37. The summed E-state index contributed by atoms with van der Waals surface area (Å²) in [6, 6.07) is -0.261. The normalized spacial score (nSPS) is 14.4. The monoisotopic (exact) mass is 287 g/mol. The molecular weight excluding hydrogens is 250 g/mol. The molecule has 0 saturated carbocycles. The number of rotatable bonds is 15. The number of hydrogen-bond acceptors (Lipinski definition) is 3. The predicted molar refractivity (Wildman–Crippen MR) is 86.8 cm³/mol. The molecule has 0 heterocycles. The minimum absolute atomic E-state index is 0.223. The van der Waals surface area contributed by atoms with Crippen LogP contribution >= 0.6 is 0 Å². The number of unbranched alkanes of at least 4 members (excludes halogenated alkanes) is 11. The standard InChI is InChI=1S/C17H37NO2/c1-2-3-4-5-6-7-8-9-10-11-12-13-14-16(18)17(20)15-19/h16-17,19-20H,2-15,18H2,1H3/t16-,17+/m1/s1. The minimum Gasteiger partial charge on any atom is -0.394 e. The smallest absolute Gasteiger partial charge is 0.0921 e. The molecule has 0 aromatic heterocycles. The van der Waals surface area contributed by atoms with E-state index in [1.165, 1.54) is 70.6 Å². The van der Waals surface area contributed by atoms with Crippen molar-refractivity contribution in [3.63, 3.8) is 0 Å². The maximum atomic E-state index is 9.33. The average Bonchev–Trinajstić information content (AvgIpc) is 2.47. The van der Waals surface area contributed by atoms with Crippen LogP contribution in [0.4, 0.5) is 0 Å². The molecule has 0 rings (SSSR count). The zero-order chi connectivity index (χ0) is 15.1. The van der Waals surface area contributed by atoms with Crippen LogP contribution in [0.3, 0.4) is 0 Å². The molecule has 0 aliphatic rings. The predicted octanol–water partition coefficient (Wildman–Crippen LogP) is 3.76. The molecule has 4 N–H and O–H groups in total. The topological polar surface area (TPSA) is 66.5 Å². The Labute approximate surface area is 126 Å². The Hall–Kier alpha value is -0.120. The Morgan fingerprint density at radius 1 is 0.750 bits per heavy atom. The van der Waals surface area contributed by atoms with E-state index < -0.39 is 6.10 Å². The maximum absolute atomic E-state index is 9.33. The van der Waals surface area contributed by atoms with Crippen molar-refractivity contribution in [3.05, 3.63) is 0 Å². The lowest BCUT2D eigenvalue weighted by molar-refractivity contribution is 0.0711. The Bertz CT molecular complexity index is 188. The van der Waals surface area contributed by atoms with Crippen LogP contribution < -0.4 is 5.73 Å². The summed E-state index contributed by atoms with van der Waals surface area (Å²) < 4.78 is 0. The second-order valence-electron chi connectivity index (χ2n) is 6.09. The molecule has 0 radical (unpaired) electrons.